The number of rotatable bonds is 4. The zero-order valence-corrected chi connectivity index (χ0v) is 11.6. The Morgan fingerprint density at radius 3 is 2.89 bits per heavy atom. The van der Waals surface area contributed by atoms with Gasteiger partial charge in [0.15, 0.2) is 0 Å². The summed E-state index contributed by atoms with van der Waals surface area (Å²) in [6.07, 6.45) is 0. The van der Waals surface area contributed by atoms with E-state index in [9.17, 15) is 4.39 Å². The van der Waals surface area contributed by atoms with Crippen molar-refractivity contribution in [2.24, 2.45) is 0 Å². The maximum absolute atomic E-state index is 13.4. The highest BCUT2D eigenvalue weighted by atomic mass is 35.5. The molecule has 1 aromatic heterocycles. The molecule has 1 N–H and O–H groups in total. The molecular weight excluding hydrogens is 273 g/mol. The second-order valence-corrected chi connectivity index (χ2v) is 5.07. The van der Waals surface area contributed by atoms with Gasteiger partial charge in [-0.3, -0.25) is 0 Å². The number of halogens is 2. The second-order valence-electron chi connectivity index (χ2n) is 3.88. The van der Waals surface area contributed by atoms with Gasteiger partial charge in [0, 0.05) is 5.02 Å². The van der Waals surface area contributed by atoms with Gasteiger partial charge in [0.05, 0.1) is 16.6 Å². The van der Waals surface area contributed by atoms with Gasteiger partial charge in [0.25, 0.3) is 0 Å². The van der Waals surface area contributed by atoms with E-state index in [1.54, 1.807) is 6.07 Å². The molecule has 0 amide bonds. The van der Waals surface area contributed by atoms with E-state index in [-0.39, 0.29) is 11.9 Å². The van der Waals surface area contributed by atoms with Crippen molar-refractivity contribution in [3.8, 4) is 0 Å². The Bertz CT molecular complexity index is 544. The smallest absolute Gasteiger partial charge is 0.123 e. The van der Waals surface area contributed by atoms with Crippen molar-refractivity contribution in [1.29, 1.82) is 0 Å². The molecule has 0 fully saturated rings. The zero-order chi connectivity index (χ0) is 13.1. The molecule has 0 saturated carbocycles. The number of aryl methyl sites for hydroxylation is 1. The van der Waals surface area contributed by atoms with E-state index in [1.807, 2.05) is 13.8 Å². The van der Waals surface area contributed by atoms with Gasteiger partial charge < -0.3 is 5.32 Å². The van der Waals surface area contributed by atoms with Crippen LogP contribution in [0.1, 0.15) is 29.1 Å². The summed E-state index contributed by atoms with van der Waals surface area (Å²) in [5.41, 5.74) is 1.55. The summed E-state index contributed by atoms with van der Waals surface area (Å²) in [6.45, 7) is 4.62. The van der Waals surface area contributed by atoms with Gasteiger partial charge in [0.2, 0.25) is 0 Å². The molecule has 0 aliphatic carbocycles. The lowest BCUT2D eigenvalue weighted by Gasteiger charge is -2.18. The largest absolute Gasteiger partial charge is 0.306 e. The van der Waals surface area contributed by atoms with Crippen molar-refractivity contribution in [3.63, 3.8) is 0 Å². The Hall–Kier alpha value is -1.04. The Balaban J connectivity index is 2.48. The van der Waals surface area contributed by atoms with E-state index in [4.69, 9.17) is 11.6 Å². The SMILES string of the molecule is CCNC(c1cc(F)ccc1Cl)c1snnc1C. The van der Waals surface area contributed by atoms with Crippen LogP contribution in [0.15, 0.2) is 18.2 Å². The lowest BCUT2D eigenvalue weighted by molar-refractivity contribution is 0.605. The Morgan fingerprint density at radius 1 is 1.50 bits per heavy atom. The quantitative estimate of drug-likeness (QED) is 0.936. The lowest BCUT2D eigenvalue weighted by atomic mass is 10.0. The first kappa shape index (κ1) is 13.4. The van der Waals surface area contributed by atoms with Crippen LogP contribution in [-0.2, 0) is 0 Å². The molecule has 0 aliphatic rings. The van der Waals surface area contributed by atoms with Gasteiger partial charge in [-0.15, -0.1) is 5.10 Å². The van der Waals surface area contributed by atoms with Crippen LogP contribution in [0.3, 0.4) is 0 Å². The number of nitrogens with one attached hydrogen (secondary N) is 1. The summed E-state index contributed by atoms with van der Waals surface area (Å²) in [5, 5.41) is 7.82. The average Bonchev–Trinajstić information content (AvgIpc) is 2.76. The van der Waals surface area contributed by atoms with Gasteiger partial charge in [-0.2, -0.15) is 0 Å². The molecule has 0 aliphatic heterocycles. The Morgan fingerprint density at radius 2 is 2.28 bits per heavy atom. The lowest BCUT2D eigenvalue weighted by Crippen LogP contribution is -2.22. The molecule has 18 heavy (non-hydrogen) atoms. The van der Waals surface area contributed by atoms with E-state index in [0.717, 1.165) is 17.1 Å². The van der Waals surface area contributed by atoms with Gasteiger partial charge in [-0.05, 0) is 48.8 Å². The van der Waals surface area contributed by atoms with Crippen molar-refractivity contribution < 1.29 is 4.39 Å². The van der Waals surface area contributed by atoms with Crippen molar-refractivity contribution in [2.75, 3.05) is 6.54 Å². The predicted octanol–water partition coefficient (Wildman–Crippen LogP) is 3.34. The first-order chi connectivity index (χ1) is 8.63. The van der Waals surface area contributed by atoms with Gasteiger partial charge in [-0.1, -0.05) is 23.0 Å². The van der Waals surface area contributed by atoms with E-state index >= 15 is 0 Å². The molecule has 0 radical (unpaired) electrons. The van der Waals surface area contributed by atoms with Crippen LogP contribution < -0.4 is 5.32 Å². The summed E-state index contributed by atoms with van der Waals surface area (Å²) in [5.74, 6) is -0.299. The third-order valence-electron chi connectivity index (χ3n) is 2.63. The zero-order valence-electron chi connectivity index (χ0n) is 10.1. The molecule has 0 spiro atoms. The van der Waals surface area contributed by atoms with Crippen molar-refractivity contribution in [3.05, 3.63) is 45.2 Å². The summed E-state index contributed by atoms with van der Waals surface area (Å²) in [7, 11) is 0. The third-order valence-corrected chi connectivity index (χ3v) is 3.86. The van der Waals surface area contributed by atoms with Crippen LogP contribution >= 0.6 is 23.1 Å². The molecule has 1 heterocycles. The standard InChI is InChI=1S/C12H13ClFN3S/c1-3-15-11(12-7(2)16-17-18-12)9-6-8(14)4-5-10(9)13/h4-6,11,15H,3H2,1-2H3. The fourth-order valence-electron chi connectivity index (χ4n) is 1.79. The fourth-order valence-corrected chi connectivity index (χ4v) is 2.75. The number of hydrogen-bond acceptors (Lipinski definition) is 4. The summed E-state index contributed by atoms with van der Waals surface area (Å²) < 4.78 is 17.3. The normalized spacial score (nSPS) is 12.7. The van der Waals surface area contributed by atoms with Gasteiger partial charge >= 0.3 is 0 Å². The highest BCUT2D eigenvalue weighted by molar-refractivity contribution is 7.05. The van der Waals surface area contributed by atoms with E-state index in [0.29, 0.717) is 10.6 Å². The average molecular weight is 286 g/mol. The second kappa shape index (κ2) is 5.73. The monoisotopic (exact) mass is 285 g/mol. The first-order valence-corrected chi connectivity index (χ1v) is 6.75. The number of aromatic nitrogens is 2. The van der Waals surface area contributed by atoms with Crippen LogP contribution in [-0.4, -0.2) is 16.1 Å². The molecule has 2 aromatic rings. The molecule has 2 rings (SSSR count). The Labute approximate surface area is 114 Å². The number of benzene rings is 1. The fraction of sp³-hybridized carbons (Fsp3) is 0.333. The molecule has 3 nitrogen and oxygen atoms in total. The maximum atomic E-state index is 13.4. The molecule has 96 valence electrons. The molecular formula is C12H13ClFN3S. The first-order valence-electron chi connectivity index (χ1n) is 5.60. The van der Waals surface area contributed by atoms with E-state index < -0.39 is 0 Å². The van der Waals surface area contributed by atoms with E-state index in [1.165, 1.54) is 23.7 Å². The minimum Gasteiger partial charge on any atom is -0.306 e. The molecule has 1 atom stereocenters. The minimum atomic E-state index is -0.299. The molecule has 1 aromatic carbocycles. The maximum Gasteiger partial charge on any atom is 0.123 e. The van der Waals surface area contributed by atoms with Gasteiger partial charge in [0.1, 0.15) is 5.82 Å². The molecule has 0 bridgehead atoms. The van der Waals surface area contributed by atoms with Gasteiger partial charge in [-0.25, -0.2) is 4.39 Å². The third kappa shape index (κ3) is 2.68. The van der Waals surface area contributed by atoms with Crippen molar-refractivity contribution in [1.82, 2.24) is 14.9 Å². The van der Waals surface area contributed by atoms with Crippen LogP contribution in [0.25, 0.3) is 0 Å². The number of nitrogens with zero attached hydrogens (tertiary/aromatic N) is 2. The minimum absolute atomic E-state index is 0.168. The highest BCUT2D eigenvalue weighted by Gasteiger charge is 2.21. The topological polar surface area (TPSA) is 37.8 Å². The van der Waals surface area contributed by atoms with Crippen LogP contribution in [0.5, 0.6) is 0 Å². The van der Waals surface area contributed by atoms with Crippen LogP contribution in [0.2, 0.25) is 5.02 Å². The van der Waals surface area contributed by atoms with Crippen LogP contribution in [0, 0.1) is 12.7 Å². The van der Waals surface area contributed by atoms with Crippen molar-refractivity contribution >= 4 is 23.1 Å². The van der Waals surface area contributed by atoms with Crippen LogP contribution in [0.4, 0.5) is 4.39 Å². The molecule has 0 saturated heterocycles. The summed E-state index contributed by atoms with van der Waals surface area (Å²) >= 11 is 7.46. The summed E-state index contributed by atoms with van der Waals surface area (Å²) in [6, 6.07) is 4.21. The molecule has 1 unspecified atom stereocenters. The highest BCUT2D eigenvalue weighted by Crippen LogP contribution is 2.31. The van der Waals surface area contributed by atoms with E-state index in [2.05, 4.69) is 14.9 Å². The Kier molecular flexibility index (Phi) is 4.27. The number of hydrogen-bond donors (Lipinski definition) is 1. The van der Waals surface area contributed by atoms with Crippen molar-refractivity contribution in [2.45, 2.75) is 19.9 Å². The summed E-state index contributed by atoms with van der Waals surface area (Å²) in [4.78, 5) is 0.962. The molecule has 6 heteroatoms. The predicted molar refractivity (Wildman–Crippen MR) is 71.6 cm³/mol.